The molecule has 0 fully saturated rings. The molecule has 0 aromatic carbocycles. The van der Waals surface area contributed by atoms with Gasteiger partial charge in [0.15, 0.2) is 5.12 Å². The van der Waals surface area contributed by atoms with Gasteiger partial charge in [0, 0.05) is 23.8 Å². The van der Waals surface area contributed by atoms with Crippen molar-refractivity contribution in [2.24, 2.45) is 5.92 Å². The van der Waals surface area contributed by atoms with Crippen molar-refractivity contribution in [3.05, 3.63) is 0 Å². The Morgan fingerprint density at radius 3 is 2.04 bits per heavy atom. The summed E-state index contributed by atoms with van der Waals surface area (Å²) in [4.78, 5) is 62.2. The second kappa shape index (κ2) is 11.8. The first-order valence-electron chi connectivity index (χ1n) is 9.37. The number of thioether (sulfide) groups is 1. The van der Waals surface area contributed by atoms with E-state index in [1.165, 1.54) is 0 Å². The van der Waals surface area contributed by atoms with Crippen LogP contribution in [-0.2, 0) is 28.7 Å². The van der Waals surface area contributed by atoms with E-state index in [2.05, 4.69) is 10.1 Å². The largest absolute Gasteiger partial charge is 0.463 e. The van der Waals surface area contributed by atoms with Crippen LogP contribution in [0.15, 0.2) is 0 Å². The Morgan fingerprint density at radius 1 is 1.07 bits per heavy atom. The molecule has 2 amide bonds. The van der Waals surface area contributed by atoms with Crippen molar-refractivity contribution >= 4 is 40.4 Å². The van der Waals surface area contributed by atoms with Crippen molar-refractivity contribution in [2.45, 2.75) is 65.2 Å². The number of likely N-dealkylation sites (N-methyl/N-ethyl adjacent to an activating group) is 1. The van der Waals surface area contributed by atoms with Crippen molar-refractivity contribution in [3.63, 3.8) is 0 Å². The molecule has 0 aliphatic carbocycles. The highest BCUT2D eigenvalue weighted by Gasteiger charge is 2.41. The Bertz CT molecular complexity index is 601. The predicted molar refractivity (Wildman–Crippen MR) is 108 cm³/mol. The van der Waals surface area contributed by atoms with E-state index in [9.17, 15) is 24.0 Å². The predicted octanol–water partition coefficient (Wildman–Crippen LogP) is 1.56. The van der Waals surface area contributed by atoms with E-state index in [1.807, 2.05) is 20.8 Å². The highest BCUT2D eigenvalue weighted by Crippen LogP contribution is 2.31. The maximum atomic E-state index is 13.0. The molecule has 0 heterocycles. The summed E-state index contributed by atoms with van der Waals surface area (Å²) in [6.07, 6.45) is -0.0234. The summed E-state index contributed by atoms with van der Waals surface area (Å²) < 4.78 is 3.28. The number of carbonyl (C=O) groups excluding carboxylic acids is 5. The molecular weight excluding hydrogens is 384 g/mol. The van der Waals surface area contributed by atoms with E-state index in [4.69, 9.17) is 0 Å². The average Bonchev–Trinajstić information content (AvgIpc) is 2.64. The molecule has 160 valence electrons. The van der Waals surface area contributed by atoms with Gasteiger partial charge in [-0.2, -0.15) is 0 Å². The number of rotatable bonds is 11. The number of esters is 1. The topological polar surface area (TPSA) is 110 Å². The van der Waals surface area contributed by atoms with Crippen LogP contribution in [0.3, 0.4) is 0 Å². The Labute approximate surface area is 171 Å². The van der Waals surface area contributed by atoms with E-state index in [-0.39, 0.29) is 17.7 Å². The van der Waals surface area contributed by atoms with Crippen LogP contribution in [0.1, 0.15) is 54.4 Å². The van der Waals surface area contributed by atoms with E-state index < -0.39 is 34.1 Å². The molecule has 0 saturated heterocycles. The first-order valence-corrected chi connectivity index (χ1v) is 10.2. The third kappa shape index (κ3) is 7.61. The second-order valence-corrected chi connectivity index (χ2v) is 8.64. The van der Waals surface area contributed by atoms with Gasteiger partial charge in [0.05, 0.1) is 13.5 Å². The molecular formula is C19H32N2O6S. The van der Waals surface area contributed by atoms with E-state index in [0.29, 0.717) is 19.5 Å². The number of nitrogens with zero attached hydrogens (tertiary/aromatic N) is 1. The van der Waals surface area contributed by atoms with Crippen molar-refractivity contribution < 1.29 is 28.7 Å². The van der Waals surface area contributed by atoms with Crippen LogP contribution in [0.5, 0.6) is 0 Å². The molecule has 0 saturated carbocycles. The number of amides is 2. The van der Waals surface area contributed by atoms with E-state index in [1.54, 1.807) is 25.7 Å². The second-order valence-electron chi connectivity index (χ2n) is 6.93. The molecule has 0 radical (unpaired) electrons. The number of hydrogen-bond acceptors (Lipinski definition) is 7. The van der Waals surface area contributed by atoms with Gasteiger partial charge in [-0.05, 0) is 34.1 Å². The van der Waals surface area contributed by atoms with Gasteiger partial charge in [-0.15, -0.1) is 0 Å². The zero-order chi connectivity index (χ0) is 22.1. The standard InChI is InChI=1S/C19H32N2O6S/c1-8-12(4)16(24)20-15(17(25)21(9-2)10-3)19(5,6)28-14(23)11-13(22)18(26)27-7/h12,15H,8-11H2,1-7H3,(H,20,24). The summed E-state index contributed by atoms with van der Waals surface area (Å²) in [5, 5.41) is 2.20. The average molecular weight is 417 g/mol. The lowest BCUT2D eigenvalue weighted by molar-refractivity contribution is -0.152. The van der Waals surface area contributed by atoms with Crippen LogP contribution in [0.4, 0.5) is 0 Å². The number of Topliss-reactive ketones (excluding diaryl/α,β-unsaturated/α-hetero) is 1. The molecule has 0 aliphatic rings. The SMILES string of the molecule is CCC(C)C(=O)NC(C(=O)N(CC)CC)C(C)(C)SC(=O)CC(=O)C(=O)OC. The minimum absolute atomic E-state index is 0.278. The van der Waals surface area contributed by atoms with Crippen molar-refractivity contribution in [2.75, 3.05) is 20.2 Å². The summed E-state index contributed by atoms with van der Waals surface area (Å²) in [7, 11) is 1.06. The fraction of sp³-hybridized carbons (Fsp3) is 0.737. The lowest BCUT2D eigenvalue weighted by atomic mass is 9.99. The highest BCUT2D eigenvalue weighted by molar-refractivity contribution is 8.14. The van der Waals surface area contributed by atoms with Gasteiger partial charge in [-0.25, -0.2) is 4.79 Å². The Kier molecular flexibility index (Phi) is 11.0. The molecule has 0 aromatic rings. The Morgan fingerprint density at radius 2 is 1.61 bits per heavy atom. The number of ether oxygens (including phenoxy) is 1. The highest BCUT2D eigenvalue weighted by atomic mass is 32.2. The molecule has 1 N–H and O–H groups in total. The minimum Gasteiger partial charge on any atom is -0.463 e. The molecule has 0 rings (SSSR count). The van der Waals surface area contributed by atoms with Gasteiger partial charge in [0.25, 0.3) is 0 Å². The third-order valence-corrected chi connectivity index (χ3v) is 5.59. The van der Waals surface area contributed by atoms with Gasteiger partial charge >= 0.3 is 5.97 Å². The molecule has 2 unspecified atom stereocenters. The van der Waals surface area contributed by atoms with Gasteiger partial charge in [0.2, 0.25) is 17.6 Å². The maximum absolute atomic E-state index is 13.0. The Balaban J connectivity index is 5.55. The van der Waals surface area contributed by atoms with Crippen LogP contribution >= 0.6 is 11.8 Å². The minimum atomic E-state index is -1.09. The molecule has 8 nitrogen and oxygen atoms in total. The zero-order valence-corrected chi connectivity index (χ0v) is 18.6. The first-order chi connectivity index (χ1) is 12.9. The van der Waals surface area contributed by atoms with Gasteiger partial charge < -0.3 is 15.0 Å². The molecule has 0 aromatic heterocycles. The van der Waals surface area contributed by atoms with Crippen LogP contribution in [0.25, 0.3) is 0 Å². The summed E-state index contributed by atoms with van der Waals surface area (Å²) in [5.74, 6) is -2.91. The third-order valence-electron chi connectivity index (χ3n) is 4.46. The molecule has 28 heavy (non-hydrogen) atoms. The van der Waals surface area contributed by atoms with E-state index >= 15 is 0 Å². The lowest BCUT2D eigenvalue weighted by Crippen LogP contribution is -2.58. The number of nitrogens with one attached hydrogen (secondary N) is 1. The molecule has 2 atom stereocenters. The molecule has 0 spiro atoms. The fourth-order valence-electron chi connectivity index (χ4n) is 2.43. The fourth-order valence-corrected chi connectivity index (χ4v) is 3.49. The van der Waals surface area contributed by atoms with Crippen molar-refractivity contribution in [1.29, 1.82) is 0 Å². The Hall–Kier alpha value is -1.90. The number of hydrogen-bond donors (Lipinski definition) is 1. The maximum Gasteiger partial charge on any atom is 0.374 e. The molecule has 0 aliphatic heterocycles. The van der Waals surface area contributed by atoms with Gasteiger partial charge in [-0.1, -0.05) is 25.6 Å². The van der Waals surface area contributed by atoms with Crippen LogP contribution < -0.4 is 5.32 Å². The quantitative estimate of drug-likeness (QED) is 0.309. The number of methoxy groups -OCH3 is 1. The van der Waals surface area contributed by atoms with Gasteiger partial charge in [0.1, 0.15) is 6.04 Å². The number of ketones is 1. The lowest BCUT2D eigenvalue weighted by Gasteiger charge is -2.36. The zero-order valence-electron chi connectivity index (χ0n) is 17.8. The van der Waals surface area contributed by atoms with Crippen LogP contribution in [0, 0.1) is 5.92 Å². The molecule has 0 bridgehead atoms. The first kappa shape index (κ1) is 26.1. The summed E-state index contributed by atoms with van der Waals surface area (Å²) in [5.41, 5.74) is 0. The smallest absolute Gasteiger partial charge is 0.374 e. The van der Waals surface area contributed by atoms with Gasteiger partial charge in [-0.3, -0.25) is 19.2 Å². The van der Waals surface area contributed by atoms with Crippen LogP contribution in [-0.4, -0.2) is 64.6 Å². The van der Waals surface area contributed by atoms with Crippen molar-refractivity contribution in [3.8, 4) is 0 Å². The summed E-state index contributed by atoms with van der Waals surface area (Å²) >= 11 is 0.764. The van der Waals surface area contributed by atoms with Crippen molar-refractivity contribution in [1.82, 2.24) is 10.2 Å². The monoisotopic (exact) mass is 416 g/mol. The summed E-state index contributed by atoms with van der Waals surface area (Å²) in [6, 6.07) is -0.962. The normalized spacial score (nSPS) is 13.2. The van der Waals surface area contributed by atoms with Crippen LogP contribution in [0.2, 0.25) is 0 Å². The molecule has 9 heteroatoms. The number of carbonyl (C=O) groups is 5. The van der Waals surface area contributed by atoms with E-state index in [0.717, 1.165) is 18.9 Å². The summed E-state index contributed by atoms with van der Waals surface area (Å²) in [6.45, 7) is 11.5.